The highest BCUT2D eigenvalue weighted by atomic mass is 32.1. The quantitative estimate of drug-likeness (QED) is 0.190. The van der Waals surface area contributed by atoms with Crippen LogP contribution in [-0.2, 0) is 12.8 Å². The van der Waals surface area contributed by atoms with E-state index in [1.54, 1.807) is 0 Å². The second-order valence-corrected chi connectivity index (χ2v) is 14.3. The van der Waals surface area contributed by atoms with Crippen molar-refractivity contribution in [2.75, 3.05) is 0 Å². The second kappa shape index (κ2) is 10.7. The fourth-order valence-corrected chi connectivity index (χ4v) is 9.55. The van der Waals surface area contributed by atoms with Gasteiger partial charge in [-0.05, 0) is 58.0 Å². The molecule has 0 N–H and O–H groups in total. The Hall–Kier alpha value is -6.10. The molecular weight excluding hydrogens is 627 g/mol. The minimum absolute atomic E-state index is 0.727. The molecule has 0 atom stereocenters. The molecule has 10 aromatic rings. The Kier molecular flexibility index (Phi) is 5.95. The van der Waals surface area contributed by atoms with Crippen molar-refractivity contribution in [3.05, 3.63) is 163 Å². The highest BCUT2D eigenvalue weighted by Gasteiger charge is 2.27. The topological polar surface area (TPSA) is 30.7 Å². The van der Waals surface area contributed by atoms with Crippen molar-refractivity contribution in [1.29, 1.82) is 0 Å². The Morgan fingerprint density at radius 3 is 1.98 bits per heavy atom. The average Bonchev–Trinajstić information content (AvgIpc) is 3.75. The molecule has 3 aromatic heterocycles. The summed E-state index contributed by atoms with van der Waals surface area (Å²) in [7, 11) is 0. The highest BCUT2D eigenvalue weighted by molar-refractivity contribution is 7.27. The van der Waals surface area contributed by atoms with E-state index in [9.17, 15) is 0 Å². The summed E-state index contributed by atoms with van der Waals surface area (Å²) in [6.07, 6.45) is 1.83. The summed E-state index contributed by atoms with van der Waals surface area (Å²) in [6.45, 7) is 0. The van der Waals surface area contributed by atoms with Crippen LogP contribution in [0.1, 0.15) is 11.3 Å². The first kappa shape index (κ1) is 27.8. The first-order valence-corrected chi connectivity index (χ1v) is 18.0. The van der Waals surface area contributed by atoms with Crippen LogP contribution in [0, 0.1) is 0 Å². The molecule has 0 saturated heterocycles. The van der Waals surface area contributed by atoms with Gasteiger partial charge in [-0.1, -0.05) is 140 Å². The lowest BCUT2D eigenvalue weighted by Gasteiger charge is -2.23. The van der Waals surface area contributed by atoms with Gasteiger partial charge in [0, 0.05) is 37.4 Å². The molecule has 0 saturated carbocycles. The number of rotatable bonds is 3. The highest BCUT2D eigenvalue weighted by Crippen LogP contribution is 2.48. The lowest BCUT2D eigenvalue weighted by molar-refractivity contribution is 0.861. The molecule has 0 unspecified atom stereocenters. The summed E-state index contributed by atoms with van der Waals surface area (Å²) in [5.74, 6) is 0.727. The molecule has 3 nitrogen and oxygen atoms in total. The Morgan fingerprint density at radius 2 is 1.14 bits per heavy atom. The van der Waals surface area contributed by atoms with Crippen LogP contribution in [0.25, 0.3) is 92.2 Å². The van der Waals surface area contributed by atoms with E-state index in [0.29, 0.717) is 0 Å². The lowest BCUT2D eigenvalue weighted by atomic mass is 9.86. The van der Waals surface area contributed by atoms with Gasteiger partial charge in [0.1, 0.15) is 0 Å². The van der Waals surface area contributed by atoms with Crippen LogP contribution < -0.4 is 0 Å². The maximum absolute atomic E-state index is 5.60. The molecule has 3 heterocycles. The number of aryl methyl sites for hydroxylation is 2. The van der Waals surface area contributed by atoms with Crippen molar-refractivity contribution < 1.29 is 0 Å². The molecule has 7 aromatic carbocycles. The van der Waals surface area contributed by atoms with Gasteiger partial charge >= 0.3 is 0 Å². The number of hydrogen-bond acceptors (Lipinski definition) is 3. The van der Waals surface area contributed by atoms with Gasteiger partial charge < -0.3 is 0 Å². The van der Waals surface area contributed by atoms with Gasteiger partial charge in [0.05, 0.1) is 27.1 Å². The van der Waals surface area contributed by atoms with E-state index in [1.165, 1.54) is 69.5 Å². The zero-order chi connectivity index (χ0) is 32.8. The Bertz CT molecular complexity index is 2970. The summed E-state index contributed by atoms with van der Waals surface area (Å²) in [5, 5.41) is 7.63. The summed E-state index contributed by atoms with van der Waals surface area (Å²) in [4.78, 5) is 11.1. The van der Waals surface area contributed by atoms with E-state index >= 15 is 0 Å². The van der Waals surface area contributed by atoms with Crippen LogP contribution in [0.2, 0.25) is 0 Å². The molecule has 0 bridgehead atoms. The molecule has 0 aliphatic heterocycles. The summed E-state index contributed by atoms with van der Waals surface area (Å²) in [5.41, 5.74) is 11.6. The molecule has 234 valence electrons. The van der Waals surface area contributed by atoms with E-state index in [0.717, 1.165) is 46.8 Å². The molecule has 0 radical (unpaired) electrons. The first-order valence-electron chi connectivity index (χ1n) is 17.2. The van der Waals surface area contributed by atoms with E-state index in [-0.39, 0.29) is 0 Å². The van der Waals surface area contributed by atoms with Crippen molar-refractivity contribution in [3.63, 3.8) is 0 Å². The van der Waals surface area contributed by atoms with E-state index in [1.807, 2.05) is 11.3 Å². The van der Waals surface area contributed by atoms with E-state index < -0.39 is 0 Å². The summed E-state index contributed by atoms with van der Waals surface area (Å²) >= 11 is 1.87. The standard InChI is InChI=1S/C46H29N3S/c1-2-12-28(13-3-1)29-22-24-31(25-23-29)43-42-32-15-5-4-14-30(32)26-27-37(42)47-46(48-43)49-38-20-10-8-18-35(38)40-33-16-6-7-17-34(33)41-36-19-9-11-21-39(36)50-45(41)44(40)49/h1-25H,26-27H2. The van der Waals surface area contributed by atoms with Crippen LogP contribution in [0.5, 0.6) is 0 Å². The van der Waals surface area contributed by atoms with Gasteiger partial charge in [-0.3, -0.25) is 4.57 Å². The molecule has 0 fully saturated rings. The van der Waals surface area contributed by atoms with Crippen molar-refractivity contribution in [2.45, 2.75) is 12.8 Å². The van der Waals surface area contributed by atoms with Gasteiger partial charge in [0.25, 0.3) is 0 Å². The van der Waals surface area contributed by atoms with Crippen molar-refractivity contribution in [2.24, 2.45) is 0 Å². The number of fused-ring (bicyclic) bond motifs is 13. The number of nitrogens with zero attached hydrogens (tertiary/aromatic N) is 3. The summed E-state index contributed by atoms with van der Waals surface area (Å²) < 4.78 is 4.92. The van der Waals surface area contributed by atoms with Crippen LogP contribution in [0.15, 0.2) is 152 Å². The van der Waals surface area contributed by atoms with Crippen molar-refractivity contribution in [3.8, 4) is 39.5 Å². The molecule has 0 spiro atoms. The Labute approximate surface area is 292 Å². The molecule has 1 aliphatic rings. The van der Waals surface area contributed by atoms with E-state index in [2.05, 4.69) is 156 Å². The summed E-state index contributed by atoms with van der Waals surface area (Å²) in [6, 6.07) is 54.8. The predicted octanol–water partition coefficient (Wildman–Crippen LogP) is 12.2. The lowest BCUT2D eigenvalue weighted by Crippen LogP contribution is -2.13. The Morgan fingerprint density at radius 1 is 0.500 bits per heavy atom. The van der Waals surface area contributed by atoms with Crippen molar-refractivity contribution in [1.82, 2.24) is 14.5 Å². The third-order valence-corrected chi connectivity index (χ3v) is 11.7. The number of thiophene rings is 1. The van der Waals surface area contributed by atoms with E-state index in [4.69, 9.17) is 9.97 Å². The third-order valence-electron chi connectivity index (χ3n) is 10.5. The smallest absolute Gasteiger partial charge is 0.235 e. The number of benzene rings is 7. The largest absolute Gasteiger partial charge is 0.276 e. The second-order valence-electron chi connectivity index (χ2n) is 13.2. The first-order chi connectivity index (χ1) is 24.8. The number of hydrogen-bond donors (Lipinski definition) is 0. The zero-order valence-electron chi connectivity index (χ0n) is 27.1. The molecule has 50 heavy (non-hydrogen) atoms. The maximum Gasteiger partial charge on any atom is 0.235 e. The number of aromatic nitrogens is 3. The molecule has 4 heteroatoms. The molecule has 11 rings (SSSR count). The zero-order valence-corrected chi connectivity index (χ0v) is 27.9. The molecule has 0 amide bonds. The van der Waals surface area contributed by atoms with Crippen LogP contribution >= 0.6 is 11.3 Å². The van der Waals surface area contributed by atoms with Gasteiger partial charge in [-0.15, -0.1) is 11.3 Å². The van der Waals surface area contributed by atoms with Crippen LogP contribution in [-0.4, -0.2) is 14.5 Å². The van der Waals surface area contributed by atoms with Gasteiger partial charge in [0.2, 0.25) is 5.95 Å². The average molecular weight is 656 g/mol. The molecular formula is C46H29N3S. The minimum Gasteiger partial charge on any atom is -0.276 e. The fraction of sp³-hybridized carbons (Fsp3) is 0.0435. The maximum atomic E-state index is 5.60. The predicted molar refractivity (Wildman–Crippen MR) is 210 cm³/mol. The van der Waals surface area contributed by atoms with Gasteiger partial charge in [-0.2, -0.15) is 0 Å². The third kappa shape index (κ3) is 3.97. The SMILES string of the molecule is c1ccc(-c2ccc(-c3nc(-n4c5ccccc5c5c6ccccc6c6c7ccccc7sc6c54)nc4c3-c3ccccc3CC4)cc2)cc1. The van der Waals surface area contributed by atoms with Crippen LogP contribution in [0.4, 0.5) is 0 Å². The van der Waals surface area contributed by atoms with Crippen molar-refractivity contribution >= 4 is 64.1 Å². The fourth-order valence-electron chi connectivity index (χ4n) is 8.29. The molecule has 1 aliphatic carbocycles. The minimum atomic E-state index is 0.727. The van der Waals surface area contributed by atoms with Gasteiger partial charge in [0.15, 0.2) is 0 Å². The number of para-hydroxylation sites is 1. The van der Waals surface area contributed by atoms with Crippen LogP contribution in [0.3, 0.4) is 0 Å². The van der Waals surface area contributed by atoms with Gasteiger partial charge in [-0.25, -0.2) is 9.97 Å². The monoisotopic (exact) mass is 655 g/mol. The normalized spacial score (nSPS) is 12.6. The Balaban J connectivity index is 1.26.